The molecule has 3 aromatic carbocycles. The minimum absolute atomic E-state index is 0. The molecule has 3 aromatic rings. The van der Waals surface area contributed by atoms with Gasteiger partial charge in [0.15, 0.2) is 0 Å². The van der Waals surface area contributed by atoms with E-state index >= 15 is 0 Å². The van der Waals surface area contributed by atoms with Crippen molar-refractivity contribution in [2.45, 2.75) is 19.6 Å². The Morgan fingerprint density at radius 3 is 0.973 bits per heavy atom. The van der Waals surface area contributed by atoms with Crippen molar-refractivity contribution in [1.82, 2.24) is 20.9 Å². The molecule has 10 heteroatoms. The van der Waals surface area contributed by atoms with E-state index in [4.69, 9.17) is 18.6 Å². The summed E-state index contributed by atoms with van der Waals surface area (Å²) in [6, 6.07) is 31.8. The van der Waals surface area contributed by atoms with Gasteiger partial charge in [0.2, 0.25) is 0 Å². The smallest absolute Gasteiger partial charge is 0.311 e. The van der Waals surface area contributed by atoms with Gasteiger partial charge in [0.25, 0.3) is 0 Å². The Kier molecular flexibility index (Phi) is 18.4. The molecule has 3 N–H and O–H groups in total. The Balaban J connectivity index is 0.00000104. The molecule has 0 aliphatic heterocycles. The second-order valence-corrected chi connectivity index (χ2v) is 8.96. The topological polar surface area (TPSA) is 132 Å². The zero-order valence-electron chi connectivity index (χ0n) is 20.8. The van der Waals surface area contributed by atoms with Crippen molar-refractivity contribution in [3.05, 3.63) is 108 Å². The van der Waals surface area contributed by atoms with E-state index in [-0.39, 0.29) is 22.4 Å². The Morgan fingerprint density at radius 2 is 0.730 bits per heavy atom. The summed E-state index contributed by atoms with van der Waals surface area (Å²) in [6.07, 6.45) is 0. The normalized spacial score (nSPS) is 10.9. The van der Waals surface area contributed by atoms with E-state index in [9.17, 15) is 0 Å². The van der Waals surface area contributed by atoms with Crippen LogP contribution in [0.2, 0.25) is 0 Å². The van der Waals surface area contributed by atoms with Crippen LogP contribution in [0.3, 0.4) is 0 Å². The third-order valence-corrected chi connectivity index (χ3v) is 5.33. The first-order valence-corrected chi connectivity index (χ1v) is 13.2. The first-order chi connectivity index (χ1) is 17.4. The molecular formula is C27H36AgClN4O4. The van der Waals surface area contributed by atoms with Crippen LogP contribution in [0.4, 0.5) is 0 Å². The molecular weight excluding hydrogens is 588 g/mol. The van der Waals surface area contributed by atoms with Crippen molar-refractivity contribution in [3.8, 4) is 0 Å². The zero-order valence-corrected chi connectivity index (χ0v) is 23.0. The first kappa shape index (κ1) is 33.4. The predicted molar refractivity (Wildman–Crippen MR) is 131 cm³/mol. The fraction of sp³-hybridized carbons (Fsp3) is 0.333. The largest absolute Gasteiger partial charge is 1.00 e. The summed E-state index contributed by atoms with van der Waals surface area (Å²) < 4.78 is 34.0. The van der Waals surface area contributed by atoms with Crippen molar-refractivity contribution < 1.29 is 51.3 Å². The molecule has 8 nitrogen and oxygen atoms in total. The van der Waals surface area contributed by atoms with Crippen LogP contribution in [0.25, 0.3) is 0 Å². The quantitative estimate of drug-likeness (QED) is 0.144. The second kappa shape index (κ2) is 20.3. The summed E-state index contributed by atoms with van der Waals surface area (Å²) in [4.78, 5) is 2.54. The van der Waals surface area contributed by atoms with Crippen molar-refractivity contribution in [3.63, 3.8) is 0 Å². The summed E-state index contributed by atoms with van der Waals surface area (Å²) >= 11 is 0. The maximum absolute atomic E-state index is 8.49. The third kappa shape index (κ3) is 19.1. The van der Waals surface area contributed by atoms with Gasteiger partial charge in [-0.05, 0) is 16.7 Å². The number of rotatable bonds is 15. The minimum atomic E-state index is -4.94. The van der Waals surface area contributed by atoms with E-state index in [0.29, 0.717) is 0 Å². The van der Waals surface area contributed by atoms with Gasteiger partial charge in [-0.2, -0.15) is 0 Å². The van der Waals surface area contributed by atoms with Crippen molar-refractivity contribution in [2.75, 3.05) is 39.3 Å². The number of hydrogen-bond donors (Lipinski definition) is 3. The molecule has 0 unspecified atom stereocenters. The van der Waals surface area contributed by atoms with Gasteiger partial charge >= 0.3 is 22.4 Å². The van der Waals surface area contributed by atoms with Crippen LogP contribution >= 0.6 is 0 Å². The summed E-state index contributed by atoms with van der Waals surface area (Å²) in [6.45, 7) is 8.89. The number of nitrogens with one attached hydrogen (secondary N) is 3. The fourth-order valence-corrected chi connectivity index (χ4v) is 3.53. The molecule has 0 amide bonds. The number of halogens is 1. The molecule has 0 saturated heterocycles. The maximum atomic E-state index is 8.49. The van der Waals surface area contributed by atoms with Crippen LogP contribution in [-0.2, 0) is 42.0 Å². The van der Waals surface area contributed by atoms with Gasteiger partial charge in [-0.15, -0.1) is 10.2 Å². The van der Waals surface area contributed by atoms with Crippen molar-refractivity contribution in [1.29, 1.82) is 0 Å². The van der Waals surface area contributed by atoms with Crippen LogP contribution < -0.4 is 34.6 Å². The van der Waals surface area contributed by atoms with Gasteiger partial charge in [0.05, 0.1) is 0 Å². The summed E-state index contributed by atoms with van der Waals surface area (Å²) in [7, 11) is -4.94. The van der Waals surface area contributed by atoms with E-state index in [1.54, 1.807) is 0 Å². The van der Waals surface area contributed by atoms with E-state index in [1.807, 2.05) is 0 Å². The molecule has 0 aliphatic carbocycles. The fourth-order valence-electron chi connectivity index (χ4n) is 3.53. The molecule has 0 aromatic heterocycles. The molecule has 37 heavy (non-hydrogen) atoms. The Hall–Kier alpha value is -1.63. The van der Waals surface area contributed by atoms with Gasteiger partial charge in [0, 0.05) is 58.9 Å². The number of hydrogen-bond acceptors (Lipinski definition) is 8. The first-order valence-electron chi connectivity index (χ1n) is 12.0. The van der Waals surface area contributed by atoms with Crippen LogP contribution in [-0.4, -0.2) is 44.2 Å². The van der Waals surface area contributed by atoms with Crippen LogP contribution in [0.5, 0.6) is 0 Å². The minimum Gasteiger partial charge on any atom is -0.311 e. The molecule has 3 rings (SSSR count). The molecule has 0 bridgehead atoms. The molecule has 0 spiro atoms. The molecule has 0 aliphatic rings. The van der Waals surface area contributed by atoms with E-state index < -0.39 is 10.2 Å². The molecule has 0 saturated carbocycles. The average molecular weight is 624 g/mol. The maximum Gasteiger partial charge on any atom is 1.00 e. The molecule has 0 atom stereocenters. The van der Waals surface area contributed by atoms with Gasteiger partial charge in [-0.1, -0.05) is 91.0 Å². The summed E-state index contributed by atoms with van der Waals surface area (Å²) in [5.74, 6) is 0. The predicted octanol–water partition coefficient (Wildman–Crippen LogP) is -1.10. The number of nitrogens with zero attached hydrogens (tertiary/aromatic N) is 1. The number of benzene rings is 3. The van der Waals surface area contributed by atoms with E-state index in [0.717, 1.165) is 58.9 Å². The Bertz CT molecular complexity index is 803. The SMILES string of the molecule is [Ag+].[O-][Cl+3]([O-])([O-])[O-].c1ccc(CNCCN(CCNCc2ccccc2)CCNCc2ccccc2)cc1. The third-order valence-electron chi connectivity index (χ3n) is 5.33. The van der Waals surface area contributed by atoms with Crippen molar-refractivity contribution in [2.24, 2.45) is 0 Å². The standard InChI is InChI=1S/C27H36N4.Ag.ClHO4/c1-4-10-25(11-5-1)22-28-16-19-31(20-17-29-23-26-12-6-2-7-13-26)21-18-30-24-27-14-8-3-9-15-27;;2-1(3,4)5/h1-15,28-30H,16-24H2;;(H,2,3,4,5)/q;+1;/p-1. The summed E-state index contributed by atoms with van der Waals surface area (Å²) in [5, 5.41) is 10.7. The Labute approximate surface area is 238 Å². The van der Waals surface area contributed by atoms with Crippen molar-refractivity contribution >= 4 is 0 Å². The zero-order chi connectivity index (χ0) is 25.9. The van der Waals surface area contributed by atoms with Gasteiger partial charge < -0.3 is 16.0 Å². The monoisotopic (exact) mass is 622 g/mol. The average Bonchev–Trinajstić information content (AvgIpc) is 2.87. The van der Waals surface area contributed by atoms with Gasteiger partial charge in [0.1, 0.15) is 0 Å². The van der Waals surface area contributed by atoms with E-state index in [2.05, 4.69) is 112 Å². The molecule has 206 valence electrons. The van der Waals surface area contributed by atoms with E-state index in [1.165, 1.54) is 16.7 Å². The van der Waals surface area contributed by atoms with Gasteiger partial charge in [-0.3, -0.25) is 4.90 Å². The second-order valence-electron chi connectivity index (χ2n) is 8.21. The molecule has 0 radical (unpaired) electrons. The van der Waals surface area contributed by atoms with Gasteiger partial charge in [-0.25, -0.2) is 18.6 Å². The molecule has 0 fully saturated rings. The Morgan fingerprint density at radius 1 is 0.486 bits per heavy atom. The van der Waals surface area contributed by atoms with Crippen LogP contribution in [0.1, 0.15) is 16.7 Å². The van der Waals surface area contributed by atoms with Crippen LogP contribution in [0.15, 0.2) is 91.0 Å². The van der Waals surface area contributed by atoms with Crippen LogP contribution in [0, 0.1) is 10.2 Å². The summed E-state index contributed by atoms with van der Waals surface area (Å²) in [5.41, 5.74) is 4.01. The molecule has 0 heterocycles.